The molecule has 0 atom stereocenters. The van der Waals surface area contributed by atoms with E-state index in [9.17, 15) is 4.79 Å². The summed E-state index contributed by atoms with van der Waals surface area (Å²) in [6, 6.07) is 6.45. The van der Waals surface area contributed by atoms with E-state index >= 15 is 0 Å². The average molecular weight is 237 g/mol. The van der Waals surface area contributed by atoms with Gasteiger partial charge in [0.2, 0.25) is 5.76 Å². The van der Waals surface area contributed by atoms with Crippen LogP contribution in [0.25, 0.3) is 22.1 Å². The summed E-state index contributed by atoms with van der Waals surface area (Å²) in [6.45, 7) is 0. The molecule has 0 fully saturated rings. The molecule has 2 aromatic heterocycles. The first-order valence-electron chi connectivity index (χ1n) is 4.50. The summed E-state index contributed by atoms with van der Waals surface area (Å²) in [5.74, 6) is -1.27. The Balaban J connectivity index is 2.40. The van der Waals surface area contributed by atoms with Crippen molar-refractivity contribution < 1.29 is 18.7 Å². The minimum absolute atomic E-state index is 0.143. The third-order valence-electron chi connectivity index (χ3n) is 2.31. The van der Waals surface area contributed by atoms with Crippen LogP contribution in [0.5, 0.6) is 0 Å². The zero-order valence-electron chi connectivity index (χ0n) is 7.86. The molecule has 1 aromatic carbocycles. The molecule has 3 aromatic rings. The van der Waals surface area contributed by atoms with Crippen LogP contribution in [0.1, 0.15) is 10.6 Å². The third-order valence-corrected chi connectivity index (χ3v) is 2.55. The standard InChI is InChI=1S/C11H5ClO4/c12-5-1-2-7-6(3-5)10-8(15-7)4-9(16-10)11(13)14/h1-4H,(H,13,14). The minimum Gasteiger partial charge on any atom is -0.475 e. The number of carboxylic acid groups (broad SMARTS) is 1. The number of hydrogen-bond donors (Lipinski definition) is 1. The molecule has 0 aliphatic carbocycles. The SMILES string of the molecule is O=C(O)c1cc2oc3ccc(Cl)cc3c2o1. The van der Waals surface area contributed by atoms with Gasteiger partial charge in [0.1, 0.15) is 5.58 Å². The van der Waals surface area contributed by atoms with Gasteiger partial charge in [0.25, 0.3) is 0 Å². The summed E-state index contributed by atoms with van der Waals surface area (Å²) in [6.07, 6.45) is 0. The van der Waals surface area contributed by atoms with Crippen molar-refractivity contribution >= 4 is 39.7 Å². The van der Waals surface area contributed by atoms with E-state index in [0.29, 0.717) is 27.2 Å². The van der Waals surface area contributed by atoms with Gasteiger partial charge in [-0.05, 0) is 18.2 Å². The van der Waals surface area contributed by atoms with Crippen LogP contribution in [0.15, 0.2) is 33.1 Å². The molecule has 0 amide bonds. The molecular weight excluding hydrogens is 232 g/mol. The number of benzene rings is 1. The van der Waals surface area contributed by atoms with Crippen molar-refractivity contribution in [1.82, 2.24) is 0 Å². The van der Waals surface area contributed by atoms with Crippen molar-refractivity contribution in [3.63, 3.8) is 0 Å². The maximum absolute atomic E-state index is 10.7. The van der Waals surface area contributed by atoms with E-state index in [1.165, 1.54) is 6.07 Å². The highest BCUT2D eigenvalue weighted by atomic mass is 35.5. The smallest absolute Gasteiger partial charge is 0.371 e. The van der Waals surface area contributed by atoms with Crippen LogP contribution in [0, 0.1) is 0 Å². The Kier molecular flexibility index (Phi) is 1.76. The second-order valence-corrected chi connectivity index (χ2v) is 3.79. The van der Waals surface area contributed by atoms with Crippen LogP contribution in [0.3, 0.4) is 0 Å². The first-order chi connectivity index (χ1) is 7.65. The second-order valence-electron chi connectivity index (χ2n) is 3.35. The molecule has 0 aliphatic rings. The fourth-order valence-corrected chi connectivity index (χ4v) is 1.80. The highest BCUT2D eigenvalue weighted by Crippen LogP contribution is 2.32. The molecule has 16 heavy (non-hydrogen) atoms. The quantitative estimate of drug-likeness (QED) is 0.702. The van der Waals surface area contributed by atoms with E-state index in [-0.39, 0.29) is 5.76 Å². The van der Waals surface area contributed by atoms with Crippen molar-refractivity contribution in [3.8, 4) is 0 Å². The summed E-state index contributed by atoms with van der Waals surface area (Å²) < 4.78 is 10.6. The predicted octanol–water partition coefficient (Wildman–Crippen LogP) is 3.53. The molecule has 2 heterocycles. The molecule has 0 spiro atoms. The van der Waals surface area contributed by atoms with Gasteiger partial charge in [-0.15, -0.1) is 0 Å². The van der Waals surface area contributed by atoms with Crippen LogP contribution >= 0.6 is 11.6 Å². The maximum atomic E-state index is 10.7. The summed E-state index contributed by atoms with van der Waals surface area (Å²) in [5.41, 5.74) is 1.44. The van der Waals surface area contributed by atoms with Gasteiger partial charge in [-0.25, -0.2) is 4.79 Å². The Morgan fingerprint density at radius 3 is 2.75 bits per heavy atom. The lowest BCUT2D eigenvalue weighted by atomic mass is 10.2. The Morgan fingerprint density at radius 2 is 2.00 bits per heavy atom. The number of carboxylic acids is 1. The molecular formula is C11H5ClO4. The Hall–Kier alpha value is -1.94. The number of carbonyl (C=O) groups is 1. The molecule has 5 heteroatoms. The molecule has 80 valence electrons. The third kappa shape index (κ3) is 1.20. The Morgan fingerprint density at radius 1 is 1.19 bits per heavy atom. The first kappa shape index (κ1) is 9.30. The Bertz CT molecular complexity index is 707. The summed E-state index contributed by atoms with van der Waals surface area (Å²) in [5, 5.41) is 9.99. The zero-order chi connectivity index (χ0) is 11.3. The molecule has 4 nitrogen and oxygen atoms in total. The topological polar surface area (TPSA) is 63.6 Å². The van der Waals surface area contributed by atoms with E-state index in [0.717, 1.165) is 0 Å². The lowest BCUT2D eigenvalue weighted by Gasteiger charge is -1.89. The number of hydrogen-bond acceptors (Lipinski definition) is 3. The van der Waals surface area contributed by atoms with Gasteiger partial charge >= 0.3 is 5.97 Å². The molecule has 3 rings (SSSR count). The van der Waals surface area contributed by atoms with Crippen LogP contribution < -0.4 is 0 Å². The number of halogens is 1. The van der Waals surface area contributed by atoms with E-state index in [2.05, 4.69) is 0 Å². The predicted molar refractivity (Wildman–Crippen MR) is 58.0 cm³/mol. The fraction of sp³-hybridized carbons (Fsp3) is 0. The number of rotatable bonds is 1. The summed E-state index contributed by atoms with van der Waals surface area (Å²) in [7, 11) is 0. The Labute approximate surface area is 94.0 Å². The number of aromatic carboxylic acids is 1. The van der Waals surface area contributed by atoms with Gasteiger partial charge in [-0.1, -0.05) is 11.6 Å². The van der Waals surface area contributed by atoms with Crippen LogP contribution in [-0.4, -0.2) is 11.1 Å². The van der Waals surface area contributed by atoms with Gasteiger partial charge in [0.05, 0.1) is 5.39 Å². The highest BCUT2D eigenvalue weighted by Gasteiger charge is 2.16. The van der Waals surface area contributed by atoms with Crippen molar-refractivity contribution in [2.45, 2.75) is 0 Å². The molecule has 0 saturated heterocycles. The first-order valence-corrected chi connectivity index (χ1v) is 4.88. The lowest BCUT2D eigenvalue weighted by molar-refractivity contribution is 0.0665. The zero-order valence-corrected chi connectivity index (χ0v) is 8.62. The average Bonchev–Trinajstić information content (AvgIpc) is 2.75. The van der Waals surface area contributed by atoms with Gasteiger partial charge < -0.3 is 13.9 Å². The monoisotopic (exact) mass is 236 g/mol. The van der Waals surface area contributed by atoms with Gasteiger partial charge in [0.15, 0.2) is 11.2 Å². The molecule has 0 bridgehead atoms. The van der Waals surface area contributed by atoms with Gasteiger partial charge in [0, 0.05) is 11.1 Å². The van der Waals surface area contributed by atoms with E-state index in [1.54, 1.807) is 18.2 Å². The van der Waals surface area contributed by atoms with Crippen molar-refractivity contribution in [2.24, 2.45) is 0 Å². The summed E-state index contributed by atoms with van der Waals surface area (Å²) in [4.78, 5) is 10.7. The van der Waals surface area contributed by atoms with E-state index in [1.807, 2.05) is 0 Å². The summed E-state index contributed by atoms with van der Waals surface area (Å²) >= 11 is 5.85. The number of furan rings is 2. The lowest BCUT2D eigenvalue weighted by Crippen LogP contribution is -1.91. The van der Waals surface area contributed by atoms with E-state index < -0.39 is 5.97 Å². The fourth-order valence-electron chi connectivity index (χ4n) is 1.63. The van der Waals surface area contributed by atoms with Crippen molar-refractivity contribution in [1.29, 1.82) is 0 Å². The normalized spacial score (nSPS) is 11.3. The highest BCUT2D eigenvalue weighted by molar-refractivity contribution is 6.31. The van der Waals surface area contributed by atoms with Gasteiger partial charge in [-0.3, -0.25) is 0 Å². The van der Waals surface area contributed by atoms with E-state index in [4.69, 9.17) is 25.5 Å². The second kappa shape index (κ2) is 3.02. The molecule has 1 N–H and O–H groups in total. The molecule has 0 radical (unpaired) electrons. The maximum Gasteiger partial charge on any atom is 0.371 e. The van der Waals surface area contributed by atoms with Crippen LogP contribution in [-0.2, 0) is 0 Å². The number of fused-ring (bicyclic) bond motifs is 3. The van der Waals surface area contributed by atoms with Gasteiger partial charge in [-0.2, -0.15) is 0 Å². The largest absolute Gasteiger partial charge is 0.475 e. The minimum atomic E-state index is -1.12. The van der Waals surface area contributed by atoms with Crippen LogP contribution in [0.2, 0.25) is 5.02 Å². The molecule has 0 unspecified atom stereocenters. The van der Waals surface area contributed by atoms with Crippen molar-refractivity contribution in [3.05, 3.63) is 35.0 Å². The van der Waals surface area contributed by atoms with Crippen molar-refractivity contribution in [2.75, 3.05) is 0 Å². The molecule has 0 aliphatic heterocycles. The van der Waals surface area contributed by atoms with Crippen LogP contribution in [0.4, 0.5) is 0 Å². The molecule has 0 saturated carbocycles.